The molecule has 3 rings (SSSR count). The number of rotatable bonds is 4. The monoisotopic (exact) mass is 362 g/mol. The first-order valence-electron chi connectivity index (χ1n) is 8.11. The number of aryl methyl sites for hydroxylation is 1. The molecule has 1 aliphatic heterocycles. The molecule has 1 aromatic heterocycles. The Labute approximate surface area is 148 Å². The summed E-state index contributed by atoms with van der Waals surface area (Å²) in [6.07, 6.45) is 6.51. The lowest BCUT2D eigenvalue weighted by atomic mass is 9.99. The van der Waals surface area contributed by atoms with Gasteiger partial charge in [0.05, 0.1) is 10.9 Å². The predicted molar refractivity (Wildman–Crippen MR) is 97.7 cm³/mol. The van der Waals surface area contributed by atoms with Gasteiger partial charge in [-0.15, -0.1) is 11.8 Å². The summed E-state index contributed by atoms with van der Waals surface area (Å²) in [7, 11) is -3.50. The molecule has 0 bridgehead atoms. The van der Waals surface area contributed by atoms with E-state index in [1.54, 1.807) is 34.4 Å². The summed E-state index contributed by atoms with van der Waals surface area (Å²) >= 11 is 1.57. The van der Waals surface area contributed by atoms with Gasteiger partial charge in [0.2, 0.25) is 10.0 Å². The lowest BCUT2D eigenvalue weighted by Crippen LogP contribution is -2.38. The highest BCUT2D eigenvalue weighted by Crippen LogP contribution is 2.38. The average Bonchev–Trinajstić information content (AvgIpc) is 2.62. The van der Waals surface area contributed by atoms with Crippen LogP contribution in [0.25, 0.3) is 0 Å². The maximum Gasteiger partial charge on any atom is 0.243 e. The minimum absolute atomic E-state index is 0.138. The van der Waals surface area contributed by atoms with E-state index < -0.39 is 10.0 Å². The molecule has 0 radical (unpaired) electrons. The topological polar surface area (TPSA) is 50.3 Å². The Morgan fingerprint density at radius 2 is 1.92 bits per heavy atom. The van der Waals surface area contributed by atoms with Crippen LogP contribution in [0.3, 0.4) is 0 Å². The molecule has 0 amide bonds. The van der Waals surface area contributed by atoms with E-state index >= 15 is 0 Å². The summed E-state index contributed by atoms with van der Waals surface area (Å²) in [5.74, 6) is 0. The first-order valence-corrected chi connectivity index (χ1v) is 10.8. The number of hydrogen-bond acceptors (Lipinski definition) is 4. The largest absolute Gasteiger partial charge is 0.250 e. The van der Waals surface area contributed by atoms with E-state index in [0.29, 0.717) is 11.4 Å². The highest BCUT2D eigenvalue weighted by molar-refractivity contribution is 7.98. The van der Waals surface area contributed by atoms with Crippen molar-refractivity contribution in [2.75, 3.05) is 12.8 Å². The van der Waals surface area contributed by atoms with E-state index in [-0.39, 0.29) is 6.04 Å². The van der Waals surface area contributed by atoms with Gasteiger partial charge in [-0.05, 0) is 44.2 Å². The van der Waals surface area contributed by atoms with Crippen molar-refractivity contribution in [1.29, 1.82) is 0 Å². The Morgan fingerprint density at radius 1 is 1.17 bits per heavy atom. The molecule has 0 aliphatic carbocycles. The second kappa shape index (κ2) is 7.25. The van der Waals surface area contributed by atoms with Gasteiger partial charge >= 0.3 is 0 Å². The molecular weight excluding hydrogens is 340 g/mol. The molecular formula is C18H22N2O2S2. The second-order valence-electron chi connectivity index (χ2n) is 6.04. The molecule has 2 aromatic rings. The third-order valence-corrected chi connectivity index (χ3v) is 7.08. The van der Waals surface area contributed by atoms with Gasteiger partial charge in [0.1, 0.15) is 5.03 Å². The van der Waals surface area contributed by atoms with E-state index in [9.17, 15) is 8.42 Å². The van der Waals surface area contributed by atoms with Gasteiger partial charge < -0.3 is 0 Å². The Kier molecular flexibility index (Phi) is 5.27. The Bertz CT molecular complexity index is 804. The number of pyridine rings is 1. The van der Waals surface area contributed by atoms with E-state index in [0.717, 1.165) is 35.4 Å². The molecule has 1 aromatic carbocycles. The van der Waals surface area contributed by atoms with Crippen molar-refractivity contribution >= 4 is 21.8 Å². The van der Waals surface area contributed by atoms with Crippen LogP contribution in [0, 0.1) is 6.92 Å². The molecule has 1 atom stereocenters. The molecule has 0 unspecified atom stereocenters. The van der Waals surface area contributed by atoms with Crippen LogP contribution < -0.4 is 0 Å². The van der Waals surface area contributed by atoms with Crippen LogP contribution in [0.15, 0.2) is 52.5 Å². The lowest BCUT2D eigenvalue weighted by molar-refractivity contribution is 0.252. The van der Waals surface area contributed by atoms with Crippen molar-refractivity contribution < 1.29 is 8.42 Å². The van der Waals surface area contributed by atoms with Crippen LogP contribution in [0.1, 0.15) is 36.4 Å². The zero-order valence-electron chi connectivity index (χ0n) is 14.0. The molecule has 128 valence electrons. The second-order valence-corrected chi connectivity index (χ2v) is 8.73. The molecule has 4 nitrogen and oxygen atoms in total. The molecule has 0 spiro atoms. The van der Waals surface area contributed by atoms with Crippen LogP contribution in [-0.4, -0.2) is 30.5 Å². The van der Waals surface area contributed by atoms with Crippen molar-refractivity contribution in [3.8, 4) is 0 Å². The Morgan fingerprint density at radius 3 is 2.62 bits per heavy atom. The van der Waals surface area contributed by atoms with Crippen LogP contribution >= 0.6 is 11.8 Å². The van der Waals surface area contributed by atoms with Crippen LogP contribution in [0.4, 0.5) is 0 Å². The predicted octanol–water partition coefficient (Wildman–Crippen LogP) is 4.03. The highest BCUT2D eigenvalue weighted by atomic mass is 32.2. The number of piperidine rings is 1. The number of benzene rings is 1. The van der Waals surface area contributed by atoms with Gasteiger partial charge in [0, 0.05) is 18.3 Å². The smallest absolute Gasteiger partial charge is 0.243 e. The minimum atomic E-state index is -3.50. The van der Waals surface area contributed by atoms with E-state index in [1.807, 2.05) is 37.4 Å². The average molecular weight is 363 g/mol. The fourth-order valence-electron chi connectivity index (χ4n) is 3.18. The summed E-state index contributed by atoms with van der Waals surface area (Å²) in [5, 5.41) is 0.911. The summed E-state index contributed by atoms with van der Waals surface area (Å²) < 4.78 is 28.0. The lowest BCUT2D eigenvalue weighted by Gasteiger charge is -2.35. The van der Waals surface area contributed by atoms with Crippen molar-refractivity contribution in [3.63, 3.8) is 0 Å². The highest BCUT2D eigenvalue weighted by Gasteiger charge is 2.35. The minimum Gasteiger partial charge on any atom is -0.250 e. The summed E-state index contributed by atoms with van der Waals surface area (Å²) in [4.78, 5) is 4.78. The molecule has 0 saturated carbocycles. The van der Waals surface area contributed by atoms with Gasteiger partial charge in [-0.1, -0.05) is 30.2 Å². The number of sulfonamides is 1. The van der Waals surface area contributed by atoms with Crippen LogP contribution in [0.2, 0.25) is 0 Å². The number of hydrogen-bond donors (Lipinski definition) is 0. The number of nitrogens with zero attached hydrogens (tertiary/aromatic N) is 2. The molecule has 6 heteroatoms. The van der Waals surface area contributed by atoms with Gasteiger partial charge in [-0.25, -0.2) is 13.4 Å². The summed E-state index contributed by atoms with van der Waals surface area (Å²) in [6, 6.07) is 10.9. The maximum atomic E-state index is 13.2. The maximum absolute atomic E-state index is 13.2. The van der Waals surface area contributed by atoms with E-state index in [1.165, 1.54) is 0 Å². The first-order chi connectivity index (χ1) is 11.5. The van der Waals surface area contributed by atoms with Crippen LogP contribution in [0.5, 0.6) is 0 Å². The quantitative estimate of drug-likeness (QED) is 0.771. The zero-order chi connectivity index (χ0) is 17.2. The van der Waals surface area contributed by atoms with Gasteiger partial charge in [-0.3, -0.25) is 0 Å². The van der Waals surface area contributed by atoms with Gasteiger partial charge in [-0.2, -0.15) is 4.31 Å². The molecule has 2 heterocycles. The molecule has 0 N–H and O–H groups in total. The van der Waals surface area contributed by atoms with Crippen molar-refractivity contribution in [2.24, 2.45) is 0 Å². The molecule has 1 aliphatic rings. The van der Waals surface area contributed by atoms with Crippen LogP contribution in [-0.2, 0) is 10.0 Å². The van der Waals surface area contributed by atoms with Crippen molar-refractivity contribution in [2.45, 2.75) is 42.1 Å². The Balaban J connectivity index is 2.02. The molecule has 24 heavy (non-hydrogen) atoms. The van der Waals surface area contributed by atoms with Crippen molar-refractivity contribution in [3.05, 3.63) is 53.7 Å². The Hall–Kier alpha value is -1.37. The molecule has 1 fully saturated rings. The third kappa shape index (κ3) is 3.36. The number of aromatic nitrogens is 1. The van der Waals surface area contributed by atoms with Gasteiger partial charge in [0.25, 0.3) is 0 Å². The summed E-state index contributed by atoms with van der Waals surface area (Å²) in [5.41, 5.74) is 2.07. The van der Waals surface area contributed by atoms with E-state index in [4.69, 9.17) is 0 Å². The summed E-state index contributed by atoms with van der Waals surface area (Å²) in [6.45, 7) is 2.52. The SMILES string of the molecule is CSc1ncccc1[C@H]1CCCCN1S(=O)(=O)c1ccc(C)cc1. The normalized spacial score (nSPS) is 19.3. The fraction of sp³-hybridized carbons (Fsp3) is 0.389. The zero-order valence-corrected chi connectivity index (χ0v) is 15.6. The van der Waals surface area contributed by atoms with E-state index in [2.05, 4.69) is 4.98 Å². The molecule has 1 saturated heterocycles. The first kappa shape index (κ1) is 17.5. The standard InChI is InChI=1S/C18H22N2O2S2/c1-14-8-10-15(11-9-14)24(21,22)20-13-4-3-7-17(20)16-6-5-12-19-18(16)23-2/h5-6,8-12,17H,3-4,7,13H2,1-2H3/t17-/m1/s1. The third-order valence-electron chi connectivity index (χ3n) is 4.43. The van der Waals surface area contributed by atoms with Crippen molar-refractivity contribution in [1.82, 2.24) is 9.29 Å². The number of thioether (sulfide) groups is 1. The fourth-order valence-corrected chi connectivity index (χ4v) is 5.46. The van der Waals surface area contributed by atoms with Gasteiger partial charge in [0.15, 0.2) is 0 Å².